The molecule has 0 saturated heterocycles. The lowest BCUT2D eigenvalue weighted by atomic mass is 9.93. The van der Waals surface area contributed by atoms with Gasteiger partial charge in [0.05, 0.1) is 16.2 Å². The molecule has 0 aliphatic heterocycles. The zero-order chi connectivity index (χ0) is 15.1. The molecule has 1 aliphatic rings. The van der Waals surface area contributed by atoms with Crippen LogP contribution in [0.1, 0.15) is 37.6 Å². The van der Waals surface area contributed by atoms with Crippen molar-refractivity contribution in [1.29, 1.82) is 0 Å². The van der Waals surface area contributed by atoms with Gasteiger partial charge in [-0.05, 0) is 6.92 Å². The summed E-state index contributed by atoms with van der Waals surface area (Å²) in [6, 6.07) is 6.90. The third-order valence-corrected chi connectivity index (χ3v) is 3.56. The van der Waals surface area contributed by atoms with Gasteiger partial charge in [0.25, 0.3) is 0 Å². The van der Waals surface area contributed by atoms with Crippen LogP contribution in [0.4, 0.5) is 0 Å². The van der Waals surface area contributed by atoms with E-state index in [4.69, 9.17) is 16.0 Å². The van der Waals surface area contributed by atoms with Gasteiger partial charge in [-0.15, -0.1) is 0 Å². The Balaban J connectivity index is 2.12. The van der Waals surface area contributed by atoms with Crippen LogP contribution in [0.25, 0.3) is 5.03 Å². The van der Waals surface area contributed by atoms with Gasteiger partial charge in [-0.1, -0.05) is 41.4 Å². The first-order valence-electron chi connectivity index (χ1n) is 6.18. The molecule has 2 aromatic rings. The maximum atomic E-state index is 12.5. The third-order valence-electron chi connectivity index (χ3n) is 3.27. The van der Waals surface area contributed by atoms with E-state index in [2.05, 4.69) is 0 Å². The van der Waals surface area contributed by atoms with Gasteiger partial charge in [-0.25, -0.2) is 0 Å². The number of halogens is 1. The third kappa shape index (κ3) is 2.14. The van der Waals surface area contributed by atoms with E-state index >= 15 is 0 Å². The molecule has 0 saturated carbocycles. The SMILES string of the molecule is Cc1ccc(C(=O)c2coc3c2C(=O)C(=O)C=C3Cl)cc1. The van der Waals surface area contributed by atoms with E-state index in [0.717, 1.165) is 11.6 Å². The van der Waals surface area contributed by atoms with Crippen molar-refractivity contribution in [2.45, 2.75) is 6.92 Å². The lowest BCUT2D eigenvalue weighted by Crippen LogP contribution is -2.19. The zero-order valence-corrected chi connectivity index (χ0v) is 11.7. The second kappa shape index (κ2) is 4.82. The topological polar surface area (TPSA) is 64.3 Å². The minimum atomic E-state index is -0.779. The Morgan fingerprint density at radius 1 is 1.14 bits per heavy atom. The van der Waals surface area contributed by atoms with Gasteiger partial charge < -0.3 is 4.42 Å². The van der Waals surface area contributed by atoms with Gasteiger partial charge in [0.2, 0.25) is 11.6 Å². The molecule has 4 nitrogen and oxygen atoms in total. The van der Waals surface area contributed by atoms with Gasteiger partial charge >= 0.3 is 0 Å². The fourth-order valence-corrected chi connectivity index (χ4v) is 2.39. The summed E-state index contributed by atoms with van der Waals surface area (Å²) in [6.07, 6.45) is 2.16. The molecule has 1 heterocycles. The van der Waals surface area contributed by atoms with Crippen LogP contribution >= 0.6 is 11.6 Å². The molecule has 1 aromatic heterocycles. The number of aryl methyl sites for hydroxylation is 1. The van der Waals surface area contributed by atoms with Crippen LogP contribution in [-0.4, -0.2) is 17.3 Å². The minimum Gasteiger partial charge on any atom is -0.462 e. The van der Waals surface area contributed by atoms with Gasteiger partial charge in [0.15, 0.2) is 11.5 Å². The molecule has 0 radical (unpaired) electrons. The minimum absolute atomic E-state index is 0.0255. The van der Waals surface area contributed by atoms with Crippen LogP contribution < -0.4 is 0 Å². The number of benzene rings is 1. The molecular formula is C16H9ClO4. The van der Waals surface area contributed by atoms with E-state index in [1.54, 1.807) is 24.3 Å². The van der Waals surface area contributed by atoms with Crippen LogP contribution in [-0.2, 0) is 4.79 Å². The summed E-state index contributed by atoms with van der Waals surface area (Å²) >= 11 is 5.88. The number of carbonyl (C=O) groups is 3. The van der Waals surface area contributed by atoms with E-state index in [0.29, 0.717) is 5.56 Å². The van der Waals surface area contributed by atoms with Crippen LogP contribution in [0, 0.1) is 6.92 Å². The molecule has 21 heavy (non-hydrogen) atoms. The number of rotatable bonds is 2. The molecule has 0 N–H and O–H groups in total. The average Bonchev–Trinajstić information content (AvgIpc) is 2.90. The normalized spacial score (nSPS) is 13.9. The van der Waals surface area contributed by atoms with Crippen LogP contribution in [0.2, 0.25) is 0 Å². The van der Waals surface area contributed by atoms with Crippen molar-refractivity contribution in [2.75, 3.05) is 0 Å². The first kappa shape index (κ1) is 13.5. The Labute approximate surface area is 125 Å². The predicted octanol–water partition coefficient (Wildman–Crippen LogP) is 3.16. The molecule has 5 heteroatoms. The summed E-state index contributed by atoms with van der Waals surface area (Å²) in [5.41, 5.74) is 1.42. The number of ketones is 3. The van der Waals surface area contributed by atoms with Crippen molar-refractivity contribution in [3.63, 3.8) is 0 Å². The Hall–Kier alpha value is -2.46. The second-order valence-electron chi connectivity index (χ2n) is 4.73. The number of allylic oxidation sites excluding steroid dienone is 1. The van der Waals surface area contributed by atoms with Crippen molar-refractivity contribution in [2.24, 2.45) is 0 Å². The molecular weight excluding hydrogens is 292 g/mol. The predicted molar refractivity (Wildman–Crippen MR) is 76.5 cm³/mol. The summed E-state index contributed by atoms with van der Waals surface area (Å²) < 4.78 is 5.19. The van der Waals surface area contributed by atoms with Gasteiger partial charge in [0, 0.05) is 11.6 Å². The summed E-state index contributed by atoms with van der Waals surface area (Å²) in [7, 11) is 0. The number of fused-ring (bicyclic) bond motifs is 1. The second-order valence-corrected chi connectivity index (χ2v) is 5.14. The van der Waals surface area contributed by atoms with Gasteiger partial charge in [-0.3, -0.25) is 14.4 Å². The van der Waals surface area contributed by atoms with Crippen molar-refractivity contribution in [3.05, 3.63) is 64.6 Å². The molecule has 0 fully saturated rings. The highest BCUT2D eigenvalue weighted by Crippen LogP contribution is 2.32. The first-order chi connectivity index (χ1) is 9.99. The lowest BCUT2D eigenvalue weighted by molar-refractivity contribution is -0.111. The first-order valence-corrected chi connectivity index (χ1v) is 6.56. The number of Topliss-reactive ketones (excluding diaryl/α,β-unsaturated/α-hetero) is 1. The van der Waals surface area contributed by atoms with Crippen LogP contribution in [0.15, 0.2) is 41.0 Å². The maximum Gasteiger partial charge on any atom is 0.237 e. The quantitative estimate of drug-likeness (QED) is 0.631. The van der Waals surface area contributed by atoms with E-state index in [9.17, 15) is 14.4 Å². The van der Waals surface area contributed by atoms with Crippen LogP contribution in [0.3, 0.4) is 0 Å². The molecule has 0 bridgehead atoms. The van der Waals surface area contributed by atoms with Crippen LogP contribution in [0.5, 0.6) is 0 Å². The van der Waals surface area contributed by atoms with Gasteiger partial charge in [0.1, 0.15) is 6.26 Å². The van der Waals surface area contributed by atoms with Gasteiger partial charge in [-0.2, -0.15) is 0 Å². The highest BCUT2D eigenvalue weighted by Gasteiger charge is 2.33. The standard InChI is InChI=1S/C16H9ClO4/c1-8-2-4-9(5-3-8)14(19)10-7-21-16-11(17)6-12(18)15(20)13(10)16/h2-7H,1H3. The molecule has 0 spiro atoms. The molecule has 104 valence electrons. The smallest absolute Gasteiger partial charge is 0.237 e. The fourth-order valence-electron chi connectivity index (χ4n) is 2.16. The maximum absolute atomic E-state index is 12.5. The van der Waals surface area contributed by atoms with Crippen molar-refractivity contribution >= 4 is 34.0 Å². The Kier molecular flexibility index (Phi) is 3.11. The monoisotopic (exact) mass is 300 g/mol. The fraction of sp³-hybridized carbons (Fsp3) is 0.0625. The van der Waals surface area contributed by atoms with E-state index in [1.165, 1.54) is 6.26 Å². The molecule has 0 unspecified atom stereocenters. The summed E-state index contributed by atoms with van der Waals surface area (Å²) in [4.78, 5) is 36.0. The van der Waals surface area contributed by atoms with E-state index < -0.39 is 11.6 Å². The molecule has 3 rings (SSSR count). The Morgan fingerprint density at radius 3 is 2.48 bits per heavy atom. The Morgan fingerprint density at radius 2 is 1.81 bits per heavy atom. The molecule has 0 amide bonds. The lowest BCUT2D eigenvalue weighted by Gasteiger charge is -2.07. The van der Waals surface area contributed by atoms with Crippen molar-refractivity contribution < 1.29 is 18.8 Å². The molecule has 1 aliphatic carbocycles. The number of furan rings is 1. The van der Waals surface area contributed by atoms with Crippen molar-refractivity contribution in [3.8, 4) is 0 Å². The zero-order valence-electron chi connectivity index (χ0n) is 11.0. The summed E-state index contributed by atoms with van der Waals surface area (Å²) in [5, 5.41) is 0.0255. The highest BCUT2D eigenvalue weighted by atomic mass is 35.5. The molecule has 1 aromatic carbocycles. The summed E-state index contributed by atoms with van der Waals surface area (Å²) in [6.45, 7) is 1.90. The van der Waals surface area contributed by atoms with Crippen molar-refractivity contribution in [1.82, 2.24) is 0 Å². The van der Waals surface area contributed by atoms with E-state index in [-0.39, 0.29) is 27.7 Å². The Bertz CT molecular complexity index is 809. The largest absolute Gasteiger partial charge is 0.462 e. The number of hydrogen-bond donors (Lipinski definition) is 0. The molecule has 0 atom stereocenters. The highest BCUT2D eigenvalue weighted by molar-refractivity contribution is 6.60. The van der Waals surface area contributed by atoms with E-state index in [1.807, 2.05) is 6.92 Å². The number of carbonyl (C=O) groups excluding carboxylic acids is 3. The number of hydrogen-bond acceptors (Lipinski definition) is 4. The average molecular weight is 301 g/mol. The summed E-state index contributed by atoms with van der Waals surface area (Å²) in [5.74, 6) is -1.85.